The predicted octanol–water partition coefficient (Wildman–Crippen LogP) is 3.25. The lowest BCUT2D eigenvalue weighted by atomic mass is 10.3. The van der Waals surface area contributed by atoms with E-state index in [4.69, 9.17) is 0 Å². The third-order valence-electron chi connectivity index (χ3n) is 4.38. The summed E-state index contributed by atoms with van der Waals surface area (Å²) in [7, 11) is 0. The van der Waals surface area contributed by atoms with Crippen molar-refractivity contribution in [1.82, 2.24) is 20.0 Å². The van der Waals surface area contributed by atoms with Crippen LogP contribution in [0.1, 0.15) is 21.8 Å². The highest BCUT2D eigenvalue weighted by atomic mass is 35.5. The largest absolute Gasteiger partial charge is 0.337 e. The second-order valence-corrected chi connectivity index (χ2v) is 7.09. The monoisotopic (exact) mass is 376 g/mol. The number of hydrogen-bond acceptors (Lipinski definition) is 4. The number of halogens is 1. The molecule has 0 radical (unpaired) electrons. The summed E-state index contributed by atoms with van der Waals surface area (Å²) in [6.45, 7) is 5.45. The fourth-order valence-corrected chi connectivity index (χ4v) is 4.25. The van der Waals surface area contributed by atoms with Gasteiger partial charge in [0.2, 0.25) is 0 Å². The van der Waals surface area contributed by atoms with Gasteiger partial charge in [-0.3, -0.25) is 4.79 Å². The first kappa shape index (κ1) is 17.9. The molecule has 0 atom stereocenters. The molecule has 2 aromatic heterocycles. The van der Waals surface area contributed by atoms with E-state index >= 15 is 0 Å². The molecular weight excluding hydrogens is 356 g/mol. The van der Waals surface area contributed by atoms with E-state index < -0.39 is 0 Å². The van der Waals surface area contributed by atoms with Crippen LogP contribution in [0.15, 0.2) is 36.4 Å². The molecule has 3 aromatic rings. The Bertz CT molecular complexity index is 866. The second kappa shape index (κ2) is 7.56. The highest BCUT2D eigenvalue weighted by Crippen LogP contribution is 2.31. The van der Waals surface area contributed by atoms with Crippen LogP contribution in [0, 0.1) is 6.92 Å². The fraction of sp³-hybridized carbons (Fsp3) is 0.333. The zero-order chi connectivity index (χ0) is 16.5. The number of amides is 1. The minimum Gasteiger partial charge on any atom is -0.337 e. The van der Waals surface area contributed by atoms with Crippen LogP contribution >= 0.6 is 23.7 Å². The molecule has 0 saturated carbocycles. The van der Waals surface area contributed by atoms with Gasteiger partial charge in [-0.05, 0) is 38.1 Å². The molecule has 1 aliphatic rings. The number of hydrogen-bond donors (Lipinski definition) is 1. The number of para-hydroxylation sites is 1. The fourth-order valence-electron chi connectivity index (χ4n) is 3.10. The summed E-state index contributed by atoms with van der Waals surface area (Å²) in [6, 6.07) is 12.1. The molecule has 3 heterocycles. The normalized spacial score (nSPS) is 15.0. The van der Waals surface area contributed by atoms with Gasteiger partial charge in [-0.1, -0.05) is 18.2 Å². The summed E-state index contributed by atoms with van der Waals surface area (Å²) in [5.74, 6) is 0.138. The maximum Gasteiger partial charge on any atom is 0.264 e. The summed E-state index contributed by atoms with van der Waals surface area (Å²) >= 11 is 1.54. The van der Waals surface area contributed by atoms with Gasteiger partial charge in [0.1, 0.15) is 4.83 Å². The number of carbonyl (C=O) groups excluding carboxylic acids is 1. The number of rotatable bonds is 2. The van der Waals surface area contributed by atoms with Crippen molar-refractivity contribution >= 4 is 39.9 Å². The first-order valence-electron chi connectivity index (χ1n) is 8.28. The van der Waals surface area contributed by atoms with Crippen LogP contribution in [0.2, 0.25) is 0 Å². The van der Waals surface area contributed by atoms with Crippen molar-refractivity contribution in [3.05, 3.63) is 47.0 Å². The van der Waals surface area contributed by atoms with E-state index in [0.29, 0.717) is 0 Å². The lowest BCUT2D eigenvalue weighted by Gasteiger charge is -2.18. The van der Waals surface area contributed by atoms with E-state index in [0.717, 1.165) is 59.1 Å². The summed E-state index contributed by atoms with van der Waals surface area (Å²) in [6.07, 6.45) is 1.01. The minimum absolute atomic E-state index is 0. The first-order chi connectivity index (χ1) is 11.7. The standard InChI is InChI=1S/C18H20N4OS.ClH/c1-13-15-12-16(17(23)21-10-5-8-19-9-11-21)24-18(15)22(20-13)14-6-3-2-4-7-14;/h2-4,6-7,12,19H,5,8-11H2,1H3;1H. The number of fused-ring (bicyclic) bond motifs is 1. The Kier molecular flexibility index (Phi) is 5.42. The van der Waals surface area contributed by atoms with Gasteiger partial charge in [-0.15, -0.1) is 23.7 Å². The Morgan fingerprint density at radius 2 is 2.00 bits per heavy atom. The molecule has 25 heavy (non-hydrogen) atoms. The summed E-state index contributed by atoms with van der Waals surface area (Å²) < 4.78 is 1.94. The van der Waals surface area contributed by atoms with Gasteiger partial charge in [0.05, 0.1) is 16.3 Å². The molecule has 0 bridgehead atoms. The van der Waals surface area contributed by atoms with Crippen LogP contribution in [-0.4, -0.2) is 46.8 Å². The Morgan fingerprint density at radius 3 is 2.80 bits per heavy atom. The van der Waals surface area contributed by atoms with Gasteiger partial charge in [0.25, 0.3) is 5.91 Å². The maximum atomic E-state index is 12.9. The van der Waals surface area contributed by atoms with Gasteiger partial charge in [-0.2, -0.15) is 5.10 Å². The molecule has 0 unspecified atom stereocenters. The number of nitrogens with one attached hydrogen (secondary N) is 1. The van der Waals surface area contributed by atoms with Gasteiger partial charge in [0.15, 0.2) is 0 Å². The number of aromatic nitrogens is 2. The topological polar surface area (TPSA) is 50.2 Å². The number of benzene rings is 1. The van der Waals surface area contributed by atoms with Gasteiger partial charge >= 0.3 is 0 Å². The van der Waals surface area contributed by atoms with Crippen LogP contribution in [-0.2, 0) is 0 Å². The number of thiophene rings is 1. The van der Waals surface area contributed by atoms with Crippen molar-refractivity contribution in [3.63, 3.8) is 0 Å². The van der Waals surface area contributed by atoms with Crippen LogP contribution < -0.4 is 5.32 Å². The number of nitrogens with zero attached hydrogens (tertiary/aromatic N) is 3. The highest BCUT2D eigenvalue weighted by Gasteiger charge is 2.22. The van der Waals surface area contributed by atoms with Crippen molar-refractivity contribution < 1.29 is 4.79 Å². The summed E-state index contributed by atoms with van der Waals surface area (Å²) in [4.78, 5) is 16.7. The molecule has 0 aliphatic carbocycles. The van der Waals surface area contributed by atoms with Crippen LogP contribution in [0.5, 0.6) is 0 Å². The summed E-state index contributed by atoms with van der Waals surface area (Å²) in [5.41, 5.74) is 1.98. The van der Waals surface area contributed by atoms with E-state index in [2.05, 4.69) is 10.4 Å². The molecule has 1 aromatic carbocycles. The van der Waals surface area contributed by atoms with Crippen LogP contribution in [0.3, 0.4) is 0 Å². The summed E-state index contributed by atoms with van der Waals surface area (Å²) in [5, 5.41) is 9.05. The maximum absolute atomic E-state index is 12.9. The van der Waals surface area contributed by atoms with Crippen molar-refractivity contribution in [2.45, 2.75) is 13.3 Å². The molecule has 1 aliphatic heterocycles. The molecule has 1 amide bonds. The molecule has 5 nitrogen and oxygen atoms in total. The molecule has 132 valence electrons. The number of carbonyl (C=O) groups is 1. The molecule has 1 N–H and O–H groups in total. The smallest absolute Gasteiger partial charge is 0.264 e. The predicted molar refractivity (Wildman–Crippen MR) is 104 cm³/mol. The van der Waals surface area contributed by atoms with E-state index in [1.807, 2.05) is 52.9 Å². The number of aryl methyl sites for hydroxylation is 1. The molecule has 1 saturated heterocycles. The van der Waals surface area contributed by atoms with Crippen molar-refractivity contribution in [2.75, 3.05) is 26.2 Å². The lowest BCUT2D eigenvalue weighted by molar-refractivity contribution is 0.0771. The lowest BCUT2D eigenvalue weighted by Crippen LogP contribution is -2.33. The van der Waals surface area contributed by atoms with E-state index in [1.54, 1.807) is 0 Å². The van der Waals surface area contributed by atoms with Gasteiger partial charge < -0.3 is 10.2 Å². The molecular formula is C18H21ClN4OS. The van der Waals surface area contributed by atoms with E-state index in [1.165, 1.54) is 11.3 Å². The van der Waals surface area contributed by atoms with Gasteiger partial charge in [0, 0.05) is 25.0 Å². The average Bonchev–Trinajstić information content (AvgIpc) is 3.04. The minimum atomic E-state index is 0. The van der Waals surface area contributed by atoms with Crippen LogP contribution in [0.25, 0.3) is 15.9 Å². The SMILES string of the molecule is Cc1nn(-c2ccccc2)c2sc(C(=O)N3CCCNCC3)cc12.Cl. The quantitative estimate of drug-likeness (QED) is 0.746. The Hall–Kier alpha value is -1.89. The van der Waals surface area contributed by atoms with Crippen LogP contribution in [0.4, 0.5) is 0 Å². The zero-order valence-electron chi connectivity index (χ0n) is 14.1. The third kappa shape index (κ3) is 3.42. The van der Waals surface area contributed by atoms with Crippen molar-refractivity contribution in [2.24, 2.45) is 0 Å². The van der Waals surface area contributed by atoms with E-state index in [-0.39, 0.29) is 18.3 Å². The average molecular weight is 377 g/mol. The van der Waals surface area contributed by atoms with Crippen molar-refractivity contribution in [1.29, 1.82) is 0 Å². The molecule has 1 fully saturated rings. The Morgan fingerprint density at radius 1 is 1.20 bits per heavy atom. The molecule has 0 spiro atoms. The van der Waals surface area contributed by atoms with E-state index in [9.17, 15) is 4.79 Å². The molecule has 7 heteroatoms. The van der Waals surface area contributed by atoms with Gasteiger partial charge in [-0.25, -0.2) is 4.68 Å². The third-order valence-corrected chi connectivity index (χ3v) is 5.48. The first-order valence-corrected chi connectivity index (χ1v) is 9.10. The van der Waals surface area contributed by atoms with Crippen molar-refractivity contribution in [3.8, 4) is 5.69 Å². The molecule has 4 rings (SSSR count). The zero-order valence-corrected chi connectivity index (χ0v) is 15.7. The second-order valence-electron chi connectivity index (χ2n) is 6.06. The Labute approximate surface area is 157 Å². The highest BCUT2D eigenvalue weighted by molar-refractivity contribution is 7.20. The Balaban J connectivity index is 0.00000182.